The molecule has 0 amide bonds. The fraction of sp³-hybridized carbons (Fsp3) is 0.533. The van der Waals surface area contributed by atoms with Gasteiger partial charge in [-0.15, -0.1) is 0 Å². The van der Waals surface area contributed by atoms with Crippen molar-refractivity contribution in [3.63, 3.8) is 0 Å². The molecular formula is C15H23NO2. The molecule has 0 radical (unpaired) electrons. The molecule has 1 aromatic carbocycles. The van der Waals surface area contributed by atoms with Crippen molar-refractivity contribution in [2.24, 2.45) is 5.73 Å². The van der Waals surface area contributed by atoms with E-state index in [9.17, 15) is 4.79 Å². The maximum atomic E-state index is 12.1. The Morgan fingerprint density at radius 1 is 1.33 bits per heavy atom. The van der Waals surface area contributed by atoms with Crippen LogP contribution in [0.15, 0.2) is 12.1 Å². The SMILES string of the molecule is COc1c(C(=O)CCN)cc(C)cc1C(C)(C)C. The van der Waals surface area contributed by atoms with E-state index in [0.717, 1.165) is 11.1 Å². The van der Waals surface area contributed by atoms with Gasteiger partial charge in [0, 0.05) is 12.0 Å². The second kappa shape index (κ2) is 5.53. The van der Waals surface area contributed by atoms with Crippen molar-refractivity contribution in [1.82, 2.24) is 0 Å². The van der Waals surface area contributed by atoms with Crippen LogP contribution >= 0.6 is 0 Å². The number of methoxy groups -OCH3 is 1. The van der Waals surface area contributed by atoms with Crippen LogP contribution in [-0.2, 0) is 5.41 Å². The van der Waals surface area contributed by atoms with Gasteiger partial charge in [0.2, 0.25) is 0 Å². The first-order valence-electron chi connectivity index (χ1n) is 6.23. The van der Waals surface area contributed by atoms with Crippen molar-refractivity contribution in [2.45, 2.75) is 39.5 Å². The monoisotopic (exact) mass is 249 g/mol. The zero-order valence-corrected chi connectivity index (χ0v) is 12.0. The van der Waals surface area contributed by atoms with Gasteiger partial charge in [-0.2, -0.15) is 0 Å². The summed E-state index contributed by atoms with van der Waals surface area (Å²) in [4.78, 5) is 12.1. The number of ketones is 1. The third-order valence-electron chi connectivity index (χ3n) is 2.92. The number of carbonyl (C=O) groups is 1. The van der Waals surface area contributed by atoms with Gasteiger partial charge in [0.1, 0.15) is 5.75 Å². The molecule has 0 bridgehead atoms. The molecule has 18 heavy (non-hydrogen) atoms. The highest BCUT2D eigenvalue weighted by Gasteiger charge is 2.24. The van der Waals surface area contributed by atoms with Gasteiger partial charge in [-0.3, -0.25) is 4.79 Å². The topological polar surface area (TPSA) is 52.3 Å². The van der Waals surface area contributed by atoms with Crippen LogP contribution in [0.1, 0.15) is 48.7 Å². The average molecular weight is 249 g/mol. The predicted octanol–water partition coefficient (Wildman–Crippen LogP) is 2.83. The maximum Gasteiger partial charge on any atom is 0.167 e. The van der Waals surface area contributed by atoms with E-state index in [1.165, 1.54) is 0 Å². The summed E-state index contributed by atoms with van der Waals surface area (Å²) in [6.45, 7) is 8.69. The number of rotatable bonds is 4. The highest BCUT2D eigenvalue weighted by atomic mass is 16.5. The molecule has 0 spiro atoms. The van der Waals surface area contributed by atoms with Crippen LogP contribution in [0.5, 0.6) is 5.75 Å². The third-order valence-corrected chi connectivity index (χ3v) is 2.92. The molecule has 0 fully saturated rings. The molecule has 100 valence electrons. The maximum absolute atomic E-state index is 12.1. The van der Waals surface area contributed by atoms with Gasteiger partial charge in [0.25, 0.3) is 0 Å². The second-order valence-electron chi connectivity index (χ2n) is 5.61. The molecule has 0 unspecified atom stereocenters. The van der Waals surface area contributed by atoms with E-state index >= 15 is 0 Å². The molecule has 0 heterocycles. The van der Waals surface area contributed by atoms with Crippen molar-refractivity contribution in [2.75, 3.05) is 13.7 Å². The number of hydrogen-bond donors (Lipinski definition) is 1. The van der Waals surface area contributed by atoms with Gasteiger partial charge in [0.05, 0.1) is 12.7 Å². The van der Waals surface area contributed by atoms with Gasteiger partial charge in [0.15, 0.2) is 5.78 Å². The van der Waals surface area contributed by atoms with Crippen molar-refractivity contribution in [1.29, 1.82) is 0 Å². The Bertz CT molecular complexity index is 445. The first-order valence-corrected chi connectivity index (χ1v) is 6.23. The van der Waals surface area contributed by atoms with Crippen LogP contribution in [0.4, 0.5) is 0 Å². The molecule has 1 aromatic rings. The van der Waals surface area contributed by atoms with Crippen LogP contribution in [0.3, 0.4) is 0 Å². The second-order valence-corrected chi connectivity index (χ2v) is 5.61. The van der Waals surface area contributed by atoms with Gasteiger partial charge < -0.3 is 10.5 Å². The molecular weight excluding hydrogens is 226 g/mol. The summed E-state index contributed by atoms with van der Waals surface area (Å²) in [6, 6.07) is 3.96. The number of Topliss-reactive ketones (excluding diaryl/α,β-unsaturated/α-hetero) is 1. The van der Waals surface area contributed by atoms with Gasteiger partial charge in [-0.05, 0) is 30.5 Å². The highest BCUT2D eigenvalue weighted by Crippen LogP contribution is 2.35. The lowest BCUT2D eigenvalue weighted by atomic mass is 9.83. The van der Waals surface area contributed by atoms with E-state index in [4.69, 9.17) is 10.5 Å². The Labute approximate surface area is 109 Å². The molecule has 1 rings (SSSR count). The summed E-state index contributed by atoms with van der Waals surface area (Å²) in [5, 5.41) is 0. The van der Waals surface area contributed by atoms with Crippen LogP contribution in [0, 0.1) is 6.92 Å². The minimum atomic E-state index is -0.0604. The van der Waals surface area contributed by atoms with Gasteiger partial charge >= 0.3 is 0 Å². The molecule has 0 aromatic heterocycles. The summed E-state index contributed by atoms with van der Waals surface area (Å²) in [5.41, 5.74) is 8.18. The summed E-state index contributed by atoms with van der Waals surface area (Å²) < 4.78 is 5.46. The summed E-state index contributed by atoms with van der Waals surface area (Å²) >= 11 is 0. The van der Waals surface area contributed by atoms with Crippen molar-refractivity contribution >= 4 is 5.78 Å². The lowest BCUT2D eigenvalue weighted by molar-refractivity contribution is 0.0982. The Morgan fingerprint density at radius 3 is 2.39 bits per heavy atom. The summed E-state index contributed by atoms with van der Waals surface area (Å²) in [7, 11) is 1.61. The van der Waals surface area contributed by atoms with Crippen LogP contribution in [-0.4, -0.2) is 19.4 Å². The molecule has 0 aliphatic rings. The molecule has 0 atom stereocenters. The fourth-order valence-corrected chi connectivity index (χ4v) is 2.02. The smallest absolute Gasteiger partial charge is 0.167 e. The molecule has 3 heteroatoms. The first-order chi connectivity index (χ1) is 8.31. The molecule has 0 saturated carbocycles. The first kappa shape index (κ1) is 14.7. The Kier molecular flexibility index (Phi) is 4.52. The largest absolute Gasteiger partial charge is 0.496 e. The zero-order chi connectivity index (χ0) is 13.9. The van der Waals surface area contributed by atoms with Crippen LogP contribution < -0.4 is 10.5 Å². The molecule has 2 N–H and O–H groups in total. The average Bonchev–Trinajstić information content (AvgIpc) is 2.27. The van der Waals surface area contributed by atoms with Gasteiger partial charge in [-0.1, -0.05) is 26.8 Å². The van der Waals surface area contributed by atoms with E-state index in [2.05, 4.69) is 26.8 Å². The van der Waals surface area contributed by atoms with Crippen LogP contribution in [0.2, 0.25) is 0 Å². The number of hydrogen-bond acceptors (Lipinski definition) is 3. The lowest BCUT2D eigenvalue weighted by Gasteiger charge is -2.24. The summed E-state index contributed by atoms with van der Waals surface area (Å²) in [5.74, 6) is 0.732. The third kappa shape index (κ3) is 3.10. The number of aryl methyl sites for hydroxylation is 1. The fourth-order valence-electron chi connectivity index (χ4n) is 2.02. The minimum Gasteiger partial charge on any atom is -0.496 e. The van der Waals surface area contributed by atoms with Crippen molar-refractivity contribution in [3.8, 4) is 5.75 Å². The van der Waals surface area contributed by atoms with E-state index in [1.807, 2.05) is 13.0 Å². The predicted molar refractivity (Wildman–Crippen MR) is 74.4 cm³/mol. The van der Waals surface area contributed by atoms with Gasteiger partial charge in [-0.25, -0.2) is 0 Å². The quantitative estimate of drug-likeness (QED) is 0.835. The minimum absolute atomic E-state index is 0.0450. The number of carbonyl (C=O) groups excluding carboxylic acids is 1. The number of benzene rings is 1. The van der Waals surface area contributed by atoms with E-state index < -0.39 is 0 Å². The standard InChI is InChI=1S/C15H23NO2/c1-10-8-11(13(17)6-7-16)14(18-5)12(9-10)15(2,3)4/h8-9H,6-7,16H2,1-5H3. The molecule has 0 aliphatic heterocycles. The number of nitrogens with two attached hydrogens (primary N) is 1. The Morgan fingerprint density at radius 2 is 1.94 bits per heavy atom. The van der Waals surface area contributed by atoms with E-state index in [-0.39, 0.29) is 11.2 Å². The highest BCUT2D eigenvalue weighted by molar-refractivity contribution is 5.99. The Hall–Kier alpha value is -1.35. The van der Waals surface area contributed by atoms with E-state index in [0.29, 0.717) is 24.3 Å². The van der Waals surface area contributed by atoms with Crippen molar-refractivity contribution in [3.05, 3.63) is 28.8 Å². The Balaban J connectivity index is 3.43. The molecule has 3 nitrogen and oxygen atoms in total. The zero-order valence-electron chi connectivity index (χ0n) is 12.0. The number of ether oxygens (including phenoxy) is 1. The van der Waals surface area contributed by atoms with Crippen LogP contribution in [0.25, 0.3) is 0 Å². The van der Waals surface area contributed by atoms with E-state index in [1.54, 1.807) is 7.11 Å². The van der Waals surface area contributed by atoms with Crippen molar-refractivity contribution < 1.29 is 9.53 Å². The lowest BCUT2D eigenvalue weighted by Crippen LogP contribution is -2.17. The normalized spacial score (nSPS) is 11.4. The summed E-state index contributed by atoms with van der Waals surface area (Å²) in [6.07, 6.45) is 0.351. The molecule has 0 aliphatic carbocycles. The molecule has 0 saturated heterocycles.